The van der Waals surface area contributed by atoms with Gasteiger partial charge in [0.2, 0.25) is 11.1 Å². The predicted octanol–water partition coefficient (Wildman–Crippen LogP) is 3.03. The highest BCUT2D eigenvalue weighted by atomic mass is 32.2. The number of carbonyl (C=O) groups is 1. The first kappa shape index (κ1) is 14.6. The van der Waals surface area contributed by atoms with Crippen molar-refractivity contribution in [2.24, 2.45) is 0 Å². The molecule has 1 atom stereocenters. The molecule has 112 valence electrons. The minimum Gasteiger partial charge on any atom is -0.339 e. The normalized spacial score (nSPS) is 18.9. The minimum atomic E-state index is 0.190. The van der Waals surface area contributed by atoms with E-state index in [1.54, 1.807) is 11.3 Å². The zero-order valence-electron chi connectivity index (χ0n) is 11.9. The lowest BCUT2D eigenvalue weighted by molar-refractivity contribution is -0.131. The van der Waals surface area contributed by atoms with Gasteiger partial charge in [0, 0.05) is 12.6 Å². The maximum absolute atomic E-state index is 12.3. The van der Waals surface area contributed by atoms with E-state index in [0.717, 1.165) is 30.1 Å². The summed E-state index contributed by atoms with van der Waals surface area (Å²) in [5.41, 5.74) is 0. The molecule has 1 aliphatic rings. The number of hydrogen-bond donors (Lipinski definition) is 1. The summed E-state index contributed by atoms with van der Waals surface area (Å²) in [6.07, 6.45) is 3.45. The van der Waals surface area contributed by atoms with Crippen LogP contribution in [0.25, 0.3) is 10.7 Å². The number of aromatic nitrogens is 3. The first-order valence-electron chi connectivity index (χ1n) is 7.12. The summed E-state index contributed by atoms with van der Waals surface area (Å²) in [5.74, 6) is 1.37. The third-order valence-corrected chi connectivity index (χ3v) is 5.38. The Hall–Kier alpha value is -1.34. The molecule has 7 heteroatoms. The van der Waals surface area contributed by atoms with Crippen LogP contribution in [0.2, 0.25) is 0 Å². The van der Waals surface area contributed by atoms with Crippen LogP contribution in [0, 0.1) is 0 Å². The highest BCUT2D eigenvalue weighted by molar-refractivity contribution is 7.99. The smallest absolute Gasteiger partial charge is 0.233 e. The fourth-order valence-corrected chi connectivity index (χ4v) is 3.86. The Morgan fingerprint density at radius 2 is 2.48 bits per heavy atom. The van der Waals surface area contributed by atoms with Crippen molar-refractivity contribution in [2.45, 2.75) is 37.4 Å². The van der Waals surface area contributed by atoms with Crippen molar-refractivity contribution < 1.29 is 4.79 Å². The summed E-state index contributed by atoms with van der Waals surface area (Å²) in [4.78, 5) is 19.7. The van der Waals surface area contributed by atoms with Gasteiger partial charge in [0.1, 0.15) is 0 Å². The van der Waals surface area contributed by atoms with Crippen molar-refractivity contribution >= 4 is 29.0 Å². The van der Waals surface area contributed by atoms with E-state index in [4.69, 9.17) is 0 Å². The monoisotopic (exact) mass is 322 g/mol. The molecule has 1 unspecified atom stereocenters. The van der Waals surface area contributed by atoms with Crippen LogP contribution in [0.1, 0.15) is 26.2 Å². The molecular weight excluding hydrogens is 304 g/mol. The average Bonchev–Trinajstić information content (AvgIpc) is 3.16. The number of aromatic amines is 1. The Balaban J connectivity index is 1.56. The van der Waals surface area contributed by atoms with Crippen molar-refractivity contribution in [1.29, 1.82) is 0 Å². The zero-order chi connectivity index (χ0) is 14.7. The van der Waals surface area contributed by atoms with E-state index < -0.39 is 0 Å². The molecule has 1 amide bonds. The van der Waals surface area contributed by atoms with E-state index in [1.165, 1.54) is 18.2 Å². The van der Waals surface area contributed by atoms with Gasteiger partial charge in [-0.3, -0.25) is 9.89 Å². The predicted molar refractivity (Wildman–Crippen MR) is 85.4 cm³/mol. The maximum atomic E-state index is 12.3. The van der Waals surface area contributed by atoms with E-state index in [2.05, 4.69) is 22.1 Å². The molecule has 0 radical (unpaired) electrons. The Bertz CT molecular complexity index is 596. The van der Waals surface area contributed by atoms with E-state index in [1.807, 2.05) is 22.4 Å². The summed E-state index contributed by atoms with van der Waals surface area (Å²) >= 11 is 3.02. The number of nitrogens with one attached hydrogen (secondary N) is 1. The number of hydrogen-bond acceptors (Lipinski definition) is 5. The van der Waals surface area contributed by atoms with Gasteiger partial charge in [-0.25, -0.2) is 4.98 Å². The molecule has 3 rings (SSSR count). The Labute approximate surface area is 132 Å². The Morgan fingerprint density at radius 1 is 1.57 bits per heavy atom. The number of piperidine rings is 1. The lowest BCUT2D eigenvalue weighted by atomic mass is 10.0. The molecule has 0 aliphatic carbocycles. The summed E-state index contributed by atoms with van der Waals surface area (Å²) in [6.45, 7) is 3.01. The van der Waals surface area contributed by atoms with Crippen LogP contribution in [0.3, 0.4) is 0 Å². The highest BCUT2D eigenvalue weighted by Crippen LogP contribution is 2.24. The second-order valence-electron chi connectivity index (χ2n) is 5.16. The Kier molecular flexibility index (Phi) is 4.60. The van der Waals surface area contributed by atoms with Crippen molar-refractivity contribution in [3.8, 4) is 10.7 Å². The van der Waals surface area contributed by atoms with Crippen LogP contribution >= 0.6 is 23.1 Å². The molecule has 21 heavy (non-hydrogen) atoms. The second-order valence-corrected chi connectivity index (χ2v) is 7.05. The minimum absolute atomic E-state index is 0.190. The van der Waals surface area contributed by atoms with Crippen molar-refractivity contribution in [3.63, 3.8) is 0 Å². The molecule has 1 N–H and O–H groups in total. The highest BCUT2D eigenvalue weighted by Gasteiger charge is 2.23. The second kappa shape index (κ2) is 6.62. The van der Waals surface area contributed by atoms with E-state index >= 15 is 0 Å². The fourth-order valence-electron chi connectivity index (χ4n) is 2.51. The number of thiophene rings is 1. The average molecular weight is 322 g/mol. The first-order valence-corrected chi connectivity index (χ1v) is 8.99. The molecule has 1 aliphatic heterocycles. The number of nitrogens with zero attached hydrogens (tertiary/aromatic N) is 3. The fraction of sp³-hybridized carbons (Fsp3) is 0.500. The summed E-state index contributed by atoms with van der Waals surface area (Å²) in [6, 6.07) is 4.34. The van der Waals surface area contributed by atoms with Crippen LogP contribution in [0.4, 0.5) is 0 Å². The van der Waals surface area contributed by atoms with Gasteiger partial charge in [-0.1, -0.05) is 17.8 Å². The Morgan fingerprint density at radius 3 is 3.24 bits per heavy atom. The standard InChI is InChI=1S/C14H18N4OS2/c1-10-5-2-3-7-18(10)12(19)9-21-14-15-13(16-17-14)11-6-4-8-20-11/h4,6,8,10H,2-3,5,7,9H2,1H3,(H,15,16,17). The summed E-state index contributed by atoms with van der Waals surface area (Å²) in [5, 5.41) is 9.74. The lowest BCUT2D eigenvalue weighted by Crippen LogP contribution is -2.42. The molecule has 5 nitrogen and oxygen atoms in total. The van der Waals surface area contributed by atoms with Gasteiger partial charge in [-0.05, 0) is 37.6 Å². The number of thioether (sulfide) groups is 1. The number of amides is 1. The maximum Gasteiger partial charge on any atom is 0.233 e. The van der Waals surface area contributed by atoms with E-state index in [0.29, 0.717) is 17.0 Å². The molecule has 2 aromatic heterocycles. The SMILES string of the molecule is CC1CCCCN1C(=O)CSc1n[nH]c(-c2cccs2)n1. The molecule has 1 saturated heterocycles. The lowest BCUT2D eigenvalue weighted by Gasteiger charge is -2.33. The molecule has 0 aromatic carbocycles. The van der Waals surface area contributed by atoms with Crippen molar-refractivity contribution in [3.05, 3.63) is 17.5 Å². The molecule has 0 saturated carbocycles. The van der Waals surface area contributed by atoms with Gasteiger partial charge in [-0.15, -0.1) is 16.4 Å². The van der Waals surface area contributed by atoms with E-state index in [-0.39, 0.29) is 5.91 Å². The van der Waals surface area contributed by atoms with Gasteiger partial charge in [0.15, 0.2) is 5.82 Å². The van der Waals surface area contributed by atoms with Crippen molar-refractivity contribution in [1.82, 2.24) is 20.1 Å². The molecule has 0 bridgehead atoms. The van der Waals surface area contributed by atoms with Crippen LogP contribution in [-0.4, -0.2) is 44.3 Å². The van der Waals surface area contributed by atoms with Gasteiger partial charge in [0.25, 0.3) is 0 Å². The molecule has 0 spiro atoms. The number of rotatable bonds is 4. The van der Waals surface area contributed by atoms with Gasteiger partial charge in [0.05, 0.1) is 10.6 Å². The number of likely N-dealkylation sites (tertiary alicyclic amines) is 1. The molecular formula is C14H18N4OS2. The summed E-state index contributed by atoms with van der Waals surface area (Å²) in [7, 11) is 0. The largest absolute Gasteiger partial charge is 0.339 e. The third kappa shape index (κ3) is 3.47. The van der Waals surface area contributed by atoms with Crippen LogP contribution < -0.4 is 0 Å². The van der Waals surface area contributed by atoms with Crippen LogP contribution in [0.5, 0.6) is 0 Å². The van der Waals surface area contributed by atoms with Crippen LogP contribution in [0.15, 0.2) is 22.7 Å². The third-order valence-electron chi connectivity index (χ3n) is 3.67. The van der Waals surface area contributed by atoms with Gasteiger partial charge in [-0.2, -0.15) is 0 Å². The van der Waals surface area contributed by atoms with Gasteiger partial charge < -0.3 is 4.90 Å². The molecule has 2 aromatic rings. The first-order chi connectivity index (χ1) is 10.2. The van der Waals surface area contributed by atoms with Gasteiger partial charge >= 0.3 is 0 Å². The van der Waals surface area contributed by atoms with Crippen LogP contribution in [-0.2, 0) is 4.79 Å². The van der Waals surface area contributed by atoms with Crippen molar-refractivity contribution in [2.75, 3.05) is 12.3 Å². The quantitative estimate of drug-likeness (QED) is 0.879. The zero-order valence-corrected chi connectivity index (χ0v) is 13.5. The molecule has 3 heterocycles. The number of H-pyrrole nitrogens is 1. The topological polar surface area (TPSA) is 61.9 Å². The summed E-state index contributed by atoms with van der Waals surface area (Å²) < 4.78 is 0. The number of carbonyl (C=O) groups excluding carboxylic acids is 1. The molecule has 1 fully saturated rings. The van der Waals surface area contributed by atoms with E-state index in [9.17, 15) is 4.79 Å².